The summed E-state index contributed by atoms with van der Waals surface area (Å²) in [5.74, 6) is 0.745. The number of hydrogen-bond donors (Lipinski definition) is 2. The van der Waals surface area contributed by atoms with E-state index in [-0.39, 0.29) is 11.1 Å². The maximum atomic E-state index is 3.69. The van der Waals surface area contributed by atoms with E-state index in [0.717, 1.165) is 19.0 Å². The summed E-state index contributed by atoms with van der Waals surface area (Å²) in [6.45, 7) is 18.1. The average molecular weight is 313 g/mol. The van der Waals surface area contributed by atoms with Crippen molar-refractivity contribution in [2.75, 3.05) is 13.1 Å². The Hall–Kier alpha value is -0.0800. The van der Waals surface area contributed by atoms with Crippen molar-refractivity contribution in [1.82, 2.24) is 10.6 Å². The Labute approximate surface area is 141 Å². The first-order valence-electron chi connectivity index (χ1n) is 9.64. The molecule has 0 heterocycles. The first kappa shape index (κ1) is 21.9. The van der Waals surface area contributed by atoms with Crippen molar-refractivity contribution in [3.05, 3.63) is 0 Å². The lowest BCUT2D eigenvalue weighted by Gasteiger charge is -2.29. The van der Waals surface area contributed by atoms with E-state index in [0.29, 0.717) is 0 Å². The molecule has 134 valence electrons. The van der Waals surface area contributed by atoms with Crippen molar-refractivity contribution < 1.29 is 0 Å². The van der Waals surface area contributed by atoms with Crippen LogP contribution in [0, 0.1) is 5.92 Å². The summed E-state index contributed by atoms with van der Waals surface area (Å²) in [4.78, 5) is 0. The van der Waals surface area contributed by atoms with Gasteiger partial charge in [-0.15, -0.1) is 0 Å². The highest BCUT2D eigenvalue weighted by molar-refractivity contribution is 4.78. The van der Waals surface area contributed by atoms with Gasteiger partial charge in [-0.05, 0) is 67.0 Å². The highest BCUT2D eigenvalue weighted by Crippen LogP contribution is 2.14. The van der Waals surface area contributed by atoms with Gasteiger partial charge in [0.05, 0.1) is 0 Å². The first-order chi connectivity index (χ1) is 10.1. The van der Waals surface area contributed by atoms with E-state index < -0.39 is 0 Å². The van der Waals surface area contributed by atoms with E-state index in [9.17, 15) is 0 Å². The normalized spacial score (nSPS) is 13.1. The van der Waals surface area contributed by atoms with Gasteiger partial charge in [-0.1, -0.05) is 51.9 Å². The van der Waals surface area contributed by atoms with Gasteiger partial charge < -0.3 is 10.6 Å². The fourth-order valence-corrected chi connectivity index (χ4v) is 2.57. The zero-order valence-corrected chi connectivity index (χ0v) is 16.6. The molecule has 0 bridgehead atoms. The van der Waals surface area contributed by atoms with Gasteiger partial charge in [0.2, 0.25) is 0 Å². The van der Waals surface area contributed by atoms with Crippen LogP contribution in [-0.2, 0) is 0 Å². The van der Waals surface area contributed by atoms with Gasteiger partial charge in [0.1, 0.15) is 0 Å². The van der Waals surface area contributed by atoms with E-state index in [1.54, 1.807) is 0 Å². The van der Waals surface area contributed by atoms with E-state index in [1.807, 2.05) is 0 Å². The second kappa shape index (κ2) is 11.5. The Kier molecular flexibility index (Phi) is 11.4. The van der Waals surface area contributed by atoms with Crippen LogP contribution in [0.25, 0.3) is 0 Å². The summed E-state index contributed by atoms with van der Waals surface area (Å²) in [6.07, 6.45) is 11.2. The van der Waals surface area contributed by atoms with Crippen LogP contribution in [0.5, 0.6) is 0 Å². The molecule has 0 aromatic heterocycles. The van der Waals surface area contributed by atoms with Gasteiger partial charge in [-0.3, -0.25) is 0 Å². The Bertz CT molecular complexity index is 229. The minimum Gasteiger partial charge on any atom is -0.312 e. The van der Waals surface area contributed by atoms with Crippen LogP contribution >= 0.6 is 0 Å². The molecule has 0 aliphatic heterocycles. The summed E-state index contributed by atoms with van der Waals surface area (Å²) < 4.78 is 0. The summed E-state index contributed by atoms with van der Waals surface area (Å²) in [5.41, 5.74) is 0.445. The third-order valence-electron chi connectivity index (χ3n) is 4.06. The maximum Gasteiger partial charge on any atom is 0.00966 e. The first-order valence-corrected chi connectivity index (χ1v) is 9.64. The van der Waals surface area contributed by atoms with Crippen molar-refractivity contribution in [2.45, 2.75) is 111 Å². The highest BCUT2D eigenvalue weighted by Gasteiger charge is 2.17. The van der Waals surface area contributed by atoms with Gasteiger partial charge in [-0.2, -0.15) is 0 Å². The Morgan fingerprint density at radius 2 is 1.05 bits per heavy atom. The third kappa shape index (κ3) is 16.3. The van der Waals surface area contributed by atoms with Crippen molar-refractivity contribution >= 4 is 0 Å². The molecule has 0 radical (unpaired) electrons. The molecule has 0 fully saturated rings. The molecule has 0 aliphatic rings. The van der Waals surface area contributed by atoms with Crippen molar-refractivity contribution in [3.63, 3.8) is 0 Å². The molecule has 0 aliphatic carbocycles. The molecule has 0 saturated heterocycles. The van der Waals surface area contributed by atoms with E-state index >= 15 is 0 Å². The minimum absolute atomic E-state index is 0.222. The largest absolute Gasteiger partial charge is 0.312 e. The van der Waals surface area contributed by atoms with Crippen LogP contribution in [0.3, 0.4) is 0 Å². The van der Waals surface area contributed by atoms with Gasteiger partial charge in [0.15, 0.2) is 0 Å². The molecular weight excluding hydrogens is 268 g/mol. The van der Waals surface area contributed by atoms with Crippen molar-refractivity contribution in [3.8, 4) is 0 Å². The van der Waals surface area contributed by atoms with Gasteiger partial charge in [0, 0.05) is 11.1 Å². The molecule has 0 amide bonds. The van der Waals surface area contributed by atoms with Gasteiger partial charge in [0.25, 0.3) is 0 Å². The fourth-order valence-electron chi connectivity index (χ4n) is 2.57. The van der Waals surface area contributed by atoms with E-state index in [2.05, 4.69) is 59.1 Å². The highest BCUT2D eigenvalue weighted by atomic mass is 15.0. The molecule has 0 unspecified atom stereocenters. The third-order valence-corrected chi connectivity index (χ3v) is 4.06. The number of unbranched alkanes of at least 4 members (excludes halogenated alkanes) is 6. The Morgan fingerprint density at radius 3 is 1.45 bits per heavy atom. The quantitative estimate of drug-likeness (QED) is 0.464. The molecule has 0 aromatic carbocycles. The number of hydrogen-bond acceptors (Lipinski definition) is 2. The summed E-state index contributed by atoms with van der Waals surface area (Å²) in [6, 6.07) is 0. The van der Waals surface area contributed by atoms with E-state index in [1.165, 1.54) is 51.4 Å². The topological polar surface area (TPSA) is 24.1 Å². The standard InChI is InChI=1S/C20H44N2/c1-8-9-10-11-12-13-14-15-18(16-21-19(2,3)4)17-22-20(5,6)7/h18,21-22H,8-17H2,1-7H3. The summed E-state index contributed by atoms with van der Waals surface area (Å²) in [5, 5.41) is 7.37. The maximum absolute atomic E-state index is 3.69. The Morgan fingerprint density at radius 1 is 0.636 bits per heavy atom. The monoisotopic (exact) mass is 312 g/mol. The van der Waals surface area contributed by atoms with Crippen LogP contribution in [0.2, 0.25) is 0 Å². The molecule has 0 rings (SSSR count). The zero-order chi connectivity index (χ0) is 17.1. The van der Waals surface area contributed by atoms with Crippen LogP contribution in [0.4, 0.5) is 0 Å². The van der Waals surface area contributed by atoms with Crippen LogP contribution in [0.15, 0.2) is 0 Å². The molecule has 22 heavy (non-hydrogen) atoms. The SMILES string of the molecule is CCCCCCCCCC(CNC(C)(C)C)CNC(C)(C)C. The molecule has 2 nitrogen and oxygen atoms in total. The second-order valence-corrected chi connectivity index (χ2v) is 9.04. The van der Waals surface area contributed by atoms with Crippen LogP contribution < -0.4 is 10.6 Å². The lowest BCUT2D eigenvalue weighted by Crippen LogP contribution is -2.44. The molecule has 0 aromatic rings. The lowest BCUT2D eigenvalue weighted by molar-refractivity contribution is 0.310. The van der Waals surface area contributed by atoms with Gasteiger partial charge in [-0.25, -0.2) is 0 Å². The Balaban J connectivity index is 3.96. The molecular formula is C20H44N2. The minimum atomic E-state index is 0.222. The predicted molar refractivity (Wildman–Crippen MR) is 102 cm³/mol. The van der Waals surface area contributed by atoms with E-state index in [4.69, 9.17) is 0 Å². The van der Waals surface area contributed by atoms with Crippen molar-refractivity contribution in [1.29, 1.82) is 0 Å². The fraction of sp³-hybridized carbons (Fsp3) is 1.00. The smallest absolute Gasteiger partial charge is 0.00966 e. The zero-order valence-electron chi connectivity index (χ0n) is 16.6. The van der Waals surface area contributed by atoms with Crippen molar-refractivity contribution in [2.24, 2.45) is 5.92 Å². The van der Waals surface area contributed by atoms with Gasteiger partial charge >= 0.3 is 0 Å². The predicted octanol–water partition coefficient (Wildman–Crippen LogP) is 5.52. The molecule has 0 spiro atoms. The molecule has 0 atom stereocenters. The number of rotatable bonds is 12. The summed E-state index contributed by atoms with van der Waals surface area (Å²) in [7, 11) is 0. The molecule has 0 saturated carbocycles. The summed E-state index contributed by atoms with van der Waals surface area (Å²) >= 11 is 0. The van der Waals surface area contributed by atoms with Crippen LogP contribution in [-0.4, -0.2) is 24.2 Å². The molecule has 2 N–H and O–H groups in total. The average Bonchev–Trinajstić information content (AvgIpc) is 2.37. The number of nitrogens with one attached hydrogen (secondary N) is 2. The molecule has 2 heteroatoms. The van der Waals surface area contributed by atoms with Crippen LogP contribution in [0.1, 0.15) is 99.8 Å². The lowest BCUT2D eigenvalue weighted by atomic mass is 9.97. The second-order valence-electron chi connectivity index (χ2n) is 9.04.